The Morgan fingerprint density at radius 3 is 2.88 bits per heavy atom. The Labute approximate surface area is 152 Å². The summed E-state index contributed by atoms with van der Waals surface area (Å²) >= 11 is 0. The fraction of sp³-hybridized carbons (Fsp3) is 0.474. The second-order valence-electron chi connectivity index (χ2n) is 6.30. The number of aliphatic hydroxyl groups is 1. The number of hydrogen-bond acceptors (Lipinski definition) is 7. The maximum atomic E-state index is 11.2. The van der Waals surface area contributed by atoms with E-state index in [1.165, 1.54) is 12.3 Å². The standard InChI is InChI=1S/C19H24N2O5/c1-3-5-10-25-19-15(16(23)17-13(12-22)7-11-24-17)18(26-20-19)14(4-2)21-8-6-9-21/h4,7,11-12,14,16,23H,2-3,5-6,8-10H2,1H3/t14-,16?/m0/s1. The van der Waals surface area contributed by atoms with Crippen LogP contribution in [0.5, 0.6) is 5.88 Å². The summed E-state index contributed by atoms with van der Waals surface area (Å²) in [5, 5.41) is 15.0. The lowest BCUT2D eigenvalue weighted by Gasteiger charge is -2.35. The van der Waals surface area contributed by atoms with E-state index in [4.69, 9.17) is 13.7 Å². The molecule has 3 rings (SSSR count). The highest BCUT2D eigenvalue weighted by atomic mass is 16.5. The highest BCUT2D eigenvalue weighted by molar-refractivity contribution is 5.76. The lowest BCUT2D eigenvalue weighted by Crippen LogP contribution is -2.39. The van der Waals surface area contributed by atoms with Crippen molar-refractivity contribution >= 4 is 6.29 Å². The third kappa shape index (κ3) is 3.45. The molecule has 0 spiro atoms. The second kappa shape index (κ2) is 8.33. The number of likely N-dealkylation sites (tertiary alicyclic amines) is 1. The number of rotatable bonds is 10. The van der Waals surface area contributed by atoms with Crippen molar-refractivity contribution < 1.29 is 23.6 Å². The van der Waals surface area contributed by atoms with E-state index in [1.807, 2.05) is 0 Å². The van der Waals surface area contributed by atoms with Crippen LogP contribution >= 0.6 is 0 Å². The van der Waals surface area contributed by atoms with E-state index in [1.54, 1.807) is 6.08 Å². The minimum atomic E-state index is -1.22. The van der Waals surface area contributed by atoms with Crippen LogP contribution in [0.25, 0.3) is 0 Å². The molecule has 3 heterocycles. The molecule has 0 aliphatic carbocycles. The predicted octanol–water partition coefficient (Wildman–Crippen LogP) is 3.27. The summed E-state index contributed by atoms with van der Waals surface area (Å²) in [4.78, 5) is 13.4. The molecule has 140 valence electrons. The van der Waals surface area contributed by atoms with Crippen LogP contribution in [-0.4, -0.2) is 41.1 Å². The van der Waals surface area contributed by atoms with Crippen molar-refractivity contribution in [1.29, 1.82) is 0 Å². The largest absolute Gasteiger partial charge is 0.475 e. The molecule has 2 aromatic heterocycles. The van der Waals surface area contributed by atoms with E-state index in [9.17, 15) is 9.90 Å². The summed E-state index contributed by atoms with van der Waals surface area (Å²) in [6, 6.07) is 1.29. The van der Waals surface area contributed by atoms with E-state index >= 15 is 0 Å². The molecule has 1 aliphatic rings. The number of aromatic nitrogens is 1. The Bertz CT molecular complexity index is 747. The SMILES string of the molecule is C=C[C@@H](c1onc(OCCCC)c1C(O)c1occc1C=O)N1CCC1. The molecular weight excluding hydrogens is 336 g/mol. The smallest absolute Gasteiger partial charge is 0.260 e. The van der Waals surface area contributed by atoms with E-state index in [0.29, 0.717) is 24.2 Å². The molecule has 0 saturated carbocycles. The number of furan rings is 1. The predicted molar refractivity (Wildman–Crippen MR) is 94.2 cm³/mol. The first kappa shape index (κ1) is 18.4. The highest BCUT2D eigenvalue weighted by Gasteiger charge is 2.35. The third-order valence-corrected chi connectivity index (χ3v) is 4.61. The van der Waals surface area contributed by atoms with Crippen molar-refractivity contribution in [1.82, 2.24) is 10.1 Å². The molecule has 7 nitrogen and oxygen atoms in total. The van der Waals surface area contributed by atoms with Gasteiger partial charge in [-0.25, -0.2) is 0 Å². The first-order valence-corrected chi connectivity index (χ1v) is 8.90. The van der Waals surface area contributed by atoms with Gasteiger partial charge in [-0.1, -0.05) is 19.4 Å². The summed E-state index contributed by atoms with van der Waals surface area (Å²) in [6.45, 7) is 8.24. The van der Waals surface area contributed by atoms with Crippen LogP contribution in [-0.2, 0) is 0 Å². The summed E-state index contributed by atoms with van der Waals surface area (Å²) in [7, 11) is 0. The van der Waals surface area contributed by atoms with Crippen LogP contribution in [0.4, 0.5) is 0 Å². The van der Waals surface area contributed by atoms with Crippen LogP contribution in [0.1, 0.15) is 65.8 Å². The molecule has 1 aliphatic heterocycles. The van der Waals surface area contributed by atoms with Crippen LogP contribution in [0.3, 0.4) is 0 Å². The Hall–Kier alpha value is -2.38. The van der Waals surface area contributed by atoms with Crippen LogP contribution in [0.2, 0.25) is 0 Å². The average Bonchev–Trinajstić information content (AvgIpc) is 3.24. The van der Waals surface area contributed by atoms with Gasteiger partial charge in [0.25, 0.3) is 5.88 Å². The van der Waals surface area contributed by atoms with E-state index in [0.717, 1.165) is 32.4 Å². The number of aldehydes is 1. The van der Waals surface area contributed by atoms with Gasteiger partial charge in [-0.3, -0.25) is 9.69 Å². The van der Waals surface area contributed by atoms with Gasteiger partial charge in [0, 0.05) is 13.1 Å². The summed E-state index contributed by atoms with van der Waals surface area (Å²) in [5.74, 6) is 0.838. The molecule has 0 aromatic carbocycles. The Balaban J connectivity index is 1.99. The lowest BCUT2D eigenvalue weighted by atomic mass is 9.99. The van der Waals surface area contributed by atoms with Gasteiger partial charge in [0.15, 0.2) is 12.0 Å². The van der Waals surface area contributed by atoms with Gasteiger partial charge < -0.3 is 18.8 Å². The molecule has 1 N–H and O–H groups in total. The minimum Gasteiger partial charge on any atom is -0.475 e. The number of hydrogen-bond donors (Lipinski definition) is 1. The zero-order valence-corrected chi connectivity index (χ0v) is 14.9. The number of unbranched alkanes of at least 4 members (excludes halogenated alkanes) is 1. The van der Waals surface area contributed by atoms with Crippen molar-refractivity contribution in [2.75, 3.05) is 19.7 Å². The Morgan fingerprint density at radius 2 is 2.27 bits per heavy atom. The molecule has 0 radical (unpaired) electrons. The summed E-state index contributed by atoms with van der Waals surface area (Å²) in [5.41, 5.74) is 0.666. The summed E-state index contributed by atoms with van der Waals surface area (Å²) < 4.78 is 16.6. The van der Waals surface area contributed by atoms with Gasteiger partial charge >= 0.3 is 0 Å². The third-order valence-electron chi connectivity index (χ3n) is 4.61. The van der Waals surface area contributed by atoms with Gasteiger partial charge in [0.05, 0.1) is 30.0 Å². The van der Waals surface area contributed by atoms with Crippen molar-refractivity contribution in [3.63, 3.8) is 0 Å². The van der Waals surface area contributed by atoms with Gasteiger partial charge in [-0.05, 0) is 24.1 Å². The molecule has 1 saturated heterocycles. The molecular formula is C19H24N2O5. The monoisotopic (exact) mass is 360 g/mol. The minimum absolute atomic E-state index is 0.149. The molecule has 2 aromatic rings. The van der Waals surface area contributed by atoms with Crippen LogP contribution < -0.4 is 4.74 Å². The number of carbonyl (C=O) groups excluding carboxylic acids is 1. The van der Waals surface area contributed by atoms with Gasteiger partial charge in [-0.15, -0.1) is 6.58 Å². The first-order valence-electron chi connectivity index (χ1n) is 8.90. The highest BCUT2D eigenvalue weighted by Crippen LogP contribution is 2.40. The van der Waals surface area contributed by atoms with Crippen LogP contribution in [0, 0.1) is 0 Å². The molecule has 1 fully saturated rings. The van der Waals surface area contributed by atoms with E-state index < -0.39 is 6.10 Å². The van der Waals surface area contributed by atoms with Crippen molar-refractivity contribution in [3.05, 3.63) is 47.6 Å². The van der Waals surface area contributed by atoms with Gasteiger partial charge in [0.1, 0.15) is 11.9 Å². The number of aliphatic hydroxyl groups excluding tert-OH is 1. The van der Waals surface area contributed by atoms with Crippen molar-refractivity contribution in [2.24, 2.45) is 0 Å². The molecule has 0 bridgehead atoms. The van der Waals surface area contributed by atoms with Crippen LogP contribution in [0.15, 0.2) is 33.9 Å². The molecule has 2 atom stereocenters. The fourth-order valence-corrected chi connectivity index (χ4v) is 3.00. The zero-order valence-electron chi connectivity index (χ0n) is 14.9. The maximum Gasteiger partial charge on any atom is 0.260 e. The summed E-state index contributed by atoms with van der Waals surface area (Å²) in [6.07, 6.45) is 5.49. The molecule has 1 unspecified atom stereocenters. The average molecular weight is 360 g/mol. The Morgan fingerprint density at radius 1 is 1.46 bits per heavy atom. The lowest BCUT2D eigenvalue weighted by molar-refractivity contribution is 0.110. The molecule has 7 heteroatoms. The van der Waals surface area contributed by atoms with E-state index in [-0.39, 0.29) is 23.2 Å². The van der Waals surface area contributed by atoms with Gasteiger partial charge in [0.2, 0.25) is 0 Å². The Kier molecular flexibility index (Phi) is 5.90. The maximum absolute atomic E-state index is 11.2. The van der Waals surface area contributed by atoms with E-state index in [2.05, 4.69) is 23.6 Å². The molecule has 26 heavy (non-hydrogen) atoms. The van der Waals surface area contributed by atoms with Crippen molar-refractivity contribution in [2.45, 2.75) is 38.3 Å². The normalized spacial score (nSPS) is 16.7. The van der Waals surface area contributed by atoms with Gasteiger partial charge in [-0.2, -0.15) is 0 Å². The first-order chi connectivity index (χ1) is 12.7. The fourth-order valence-electron chi connectivity index (χ4n) is 3.00. The molecule has 0 amide bonds. The van der Waals surface area contributed by atoms with Crippen molar-refractivity contribution in [3.8, 4) is 5.88 Å². The number of carbonyl (C=O) groups is 1. The topological polar surface area (TPSA) is 88.9 Å². The number of nitrogens with zero attached hydrogens (tertiary/aromatic N) is 2. The second-order valence-corrected chi connectivity index (χ2v) is 6.30. The zero-order chi connectivity index (χ0) is 18.5. The number of ether oxygens (including phenoxy) is 1. The quantitative estimate of drug-likeness (QED) is 0.395.